The van der Waals surface area contributed by atoms with Crippen LogP contribution in [0.25, 0.3) is 11.2 Å². The molecule has 0 spiro atoms. The lowest BCUT2D eigenvalue weighted by Gasteiger charge is -2.17. The fraction of sp³-hybridized carbons (Fsp3) is 0.214. The molecule has 0 fully saturated rings. The number of methoxy groups -OCH3 is 1. The zero-order valence-corrected chi connectivity index (χ0v) is 20.3. The highest BCUT2D eigenvalue weighted by atomic mass is 19.4. The Kier molecular flexibility index (Phi) is 6.42. The second kappa shape index (κ2) is 9.59. The van der Waals surface area contributed by atoms with E-state index in [0.717, 1.165) is 6.07 Å². The lowest BCUT2D eigenvalue weighted by molar-refractivity contribution is -0.136. The molecule has 1 atom stereocenters. The molecule has 194 valence electrons. The van der Waals surface area contributed by atoms with Gasteiger partial charge in [-0.3, -0.25) is 0 Å². The topological polar surface area (TPSA) is 79.8 Å². The number of hydrogen-bond acceptors (Lipinski definition) is 5. The molecule has 0 amide bonds. The van der Waals surface area contributed by atoms with E-state index in [0.29, 0.717) is 33.4 Å². The van der Waals surface area contributed by atoms with Gasteiger partial charge in [0.1, 0.15) is 29.9 Å². The number of aliphatic hydroxyl groups is 1. The highest BCUT2D eigenvalue weighted by molar-refractivity contribution is 5.88. The van der Waals surface area contributed by atoms with E-state index in [1.165, 1.54) is 35.9 Å². The van der Waals surface area contributed by atoms with E-state index in [1.807, 2.05) is 0 Å². The molecule has 1 aliphatic rings. The van der Waals surface area contributed by atoms with Crippen LogP contribution >= 0.6 is 0 Å². The van der Waals surface area contributed by atoms with Crippen LogP contribution in [0.2, 0.25) is 0 Å². The quantitative estimate of drug-likeness (QED) is 0.264. The van der Waals surface area contributed by atoms with Gasteiger partial charge >= 0.3 is 6.18 Å². The minimum Gasteiger partial charge on any atom is -0.488 e. The third-order valence-corrected chi connectivity index (χ3v) is 6.46. The summed E-state index contributed by atoms with van der Waals surface area (Å²) in [5, 5.41) is 21.1. The van der Waals surface area contributed by atoms with Crippen LogP contribution < -0.4 is 4.74 Å². The van der Waals surface area contributed by atoms with Crippen LogP contribution in [0.15, 0.2) is 60.3 Å². The lowest BCUT2D eigenvalue weighted by Crippen LogP contribution is -2.10. The molecule has 38 heavy (non-hydrogen) atoms. The van der Waals surface area contributed by atoms with Gasteiger partial charge in [-0.25, -0.2) is 9.37 Å². The average Bonchev–Trinajstić information content (AvgIpc) is 3.17. The number of rotatable bonds is 4. The van der Waals surface area contributed by atoms with Crippen molar-refractivity contribution in [2.45, 2.75) is 32.4 Å². The second-order valence-electron chi connectivity index (χ2n) is 8.85. The summed E-state index contributed by atoms with van der Waals surface area (Å²) in [7, 11) is 1.39. The Morgan fingerprint density at radius 2 is 1.97 bits per heavy atom. The number of halogens is 4. The number of aliphatic hydroxyl groups excluding tert-OH is 1. The summed E-state index contributed by atoms with van der Waals surface area (Å²) >= 11 is 0. The number of imidazole rings is 1. The summed E-state index contributed by atoms with van der Waals surface area (Å²) in [5.74, 6) is -0.215. The Labute approximate surface area is 215 Å². The molecule has 6 nitrogen and oxygen atoms in total. The first-order valence-electron chi connectivity index (χ1n) is 11.5. The normalized spacial score (nSPS) is 15.2. The molecule has 1 unspecified atom stereocenters. The van der Waals surface area contributed by atoms with Crippen molar-refractivity contribution >= 4 is 11.2 Å². The number of alkyl halides is 3. The molecule has 3 heterocycles. The number of nitriles is 1. The first kappa shape index (κ1) is 25.4. The van der Waals surface area contributed by atoms with Gasteiger partial charge in [0.2, 0.25) is 0 Å². The predicted octanol–water partition coefficient (Wildman–Crippen LogP) is 5.96. The Balaban J connectivity index is 1.66. The highest BCUT2D eigenvalue weighted by Gasteiger charge is 2.35. The number of nitrogens with zero attached hydrogens (tertiary/aromatic N) is 3. The first-order chi connectivity index (χ1) is 18.1. The van der Waals surface area contributed by atoms with Crippen molar-refractivity contribution in [3.8, 4) is 11.8 Å². The minimum atomic E-state index is -4.64. The number of pyridine rings is 1. The van der Waals surface area contributed by atoms with E-state index in [4.69, 9.17) is 9.47 Å². The van der Waals surface area contributed by atoms with E-state index in [2.05, 4.69) is 11.1 Å². The summed E-state index contributed by atoms with van der Waals surface area (Å²) < 4.78 is 67.1. The van der Waals surface area contributed by atoms with Gasteiger partial charge in [-0.1, -0.05) is 12.1 Å². The maximum Gasteiger partial charge on any atom is 0.419 e. The van der Waals surface area contributed by atoms with Crippen LogP contribution in [0.3, 0.4) is 0 Å². The predicted molar refractivity (Wildman–Crippen MR) is 129 cm³/mol. The van der Waals surface area contributed by atoms with Gasteiger partial charge in [0.15, 0.2) is 0 Å². The van der Waals surface area contributed by atoms with Crippen LogP contribution in [-0.2, 0) is 24.1 Å². The molecule has 10 heteroatoms. The molecule has 0 bridgehead atoms. The van der Waals surface area contributed by atoms with E-state index >= 15 is 0 Å². The van der Waals surface area contributed by atoms with Crippen molar-refractivity contribution < 1.29 is 32.1 Å². The summed E-state index contributed by atoms with van der Waals surface area (Å²) in [5.41, 5.74) is 2.19. The summed E-state index contributed by atoms with van der Waals surface area (Å²) in [6.07, 6.45) is -4.60. The van der Waals surface area contributed by atoms with Gasteiger partial charge < -0.3 is 19.0 Å². The average molecular weight is 523 g/mol. The maximum atomic E-state index is 13.9. The molecule has 1 aliphatic heterocycles. The minimum absolute atomic E-state index is 0.0187. The number of aromatic nitrogens is 2. The molecular weight excluding hydrogens is 502 g/mol. The second-order valence-corrected chi connectivity index (χ2v) is 8.85. The Bertz CT molecular complexity index is 1630. The zero-order valence-electron chi connectivity index (χ0n) is 20.3. The Hall–Kier alpha value is -4.20. The molecule has 5 rings (SSSR count). The van der Waals surface area contributed by atoms with E-state index in [9.17, 15) is 27.9 Å². The standard InChI is InChI=1S/C28H21F4N3O3/c1-15(12-33)24-19-7-5-16(10-17(19)13-38-23-11-18(29)6-8-20(23)24)26(36)25-22(14-37-2)34-27-21(28(30,31)32)4-3-9-35(25)27/h3-11,26,36H,13-14H2,1-2H3/b24-15-. The number of benzene rings is 2. The summed E-state index contributed by atoms with van der Waals surface area (Å²) in [4.78, 5) is 4.15. The van der Waals surface area contributed by atoms with Crippen LogP contribution in [0, 0.1) is 17.1 Å². The van der Waals surface area contributed by atoms with E-state index in [-0.39, 0.29) is 36.0 Å². The molecule has 1 N–H and O–H groups in total. The smallest absolute Gasteiger partial charge is 0.419 e. The van der Waals surface area contributed by atoms with Crippen molar-refractivity contribution in [1.29, 1.82) is 5.26 Å². The van der Waals surface area contributed by atoms with Gasteiger partial charge in [0.25, 0.3) is 0 Å². The summed E-state index contributed by atoms with van der Waals surface area (Å²) in [6.45, 7) is 1.55. The molecule has 2 aromatic heterocycles. The molecule has 0 radical (unpaired) electrons. The van der Waals surface area contributed by atoms with Gasteiger partial charge in [-0.2, -0.15) is 18.4 Å². The van der Waals surface area contributed by atoms with Crippen molar-refractivity contribution in [3.05, 3.63) is 105 Å². The molecule has 4 aromatic rings. The number of ether oxygens (including phenoxy) is 2. The van der Waals surface area contributed by atoms with Gasteiger partial charge in [0.05, 0.1) is 29.6 Å². The van der Waals surface area contributed by atoms with Crippen molar-refractivity contribution in [2.75, 3.05) is 7.11 Å². The monoisotopic (exact) mass is 523 g/mol. The maximum absolute atomic E-state index is 13.9. The van der Waals surface area contributed by atoms with Gasteiger partial charge in [-0.15, -0.1) is 0 Å². The fourth-order valence-corrected chi connectivity index (χ4v) is 4.77. The van der Waals surface area contributed by atoms with Gasteiger partial charge in [0, 0.05) is 36.1 Å². The van der Waals surface area contributed by atoms with Crippen LogP contribution in [0.5, 0.6) is 5.75 Å². The van der Waals surface area contributed by atoms with Crippen molar-refractivity contribution in [3.63, 3.8) is 0 Å². The third-order valence-electron chi connectivity index (χ3n) is 6.46. The molecular formula is C28H21F4N3O3. The zero-order chi connectivity index (χ0) is 27.2. The number of allylic oxidation sites excluding steroid dienone is 1. The van der Waals surface area contributed by atoms with Crippen molar-refractivity contribution in [1.82, 2.24) is 9.38 Å². The summed E-state index contributed by atoms with van der Waals surface area (Å²) in [6, 6.07) is 13.4. The Morgan fingerprint density at radius 3 is 2.68 bits per heavy atom. The van der Waals surface area contributed by atoms with E-state index < -0.39 is 23.7 Å². The number of hydrogen-bond donors (Lipinski definition) is 1. The van der Waals surface area contributed by atoms with Crippen LogP contribution in [-0.4, -0.2) is 21.6 Å². The molecule has 0 aliphatic carbocycles. The van der Waals surface area contributed by atoms with Crippen molar-refractivity contribution in [2.24, 2.45) is 0 Å². The fourth-order valence-electron chi connectivity index (χ4n) is 4.77. The van der Waals surface area contributed by atoms with Crippen LogP contribution in [0.1, 0.15) is 52.2 Å². The Morgan fingerprint density at radius 1 is 1.21 bits per heavy atom. The first-order valence-corrected chi connectivity index (χ1v) is 11.5. The van der Waals surface area contributed by atoms with Gasteiger partial charge in [-0.05, 0) is 53.9 Å². The highest BCUT2D eigenvalue weighted by Crippen LogP contribution is 2.41. The SMILES string of the molecule is COCc1nc2c(C(F)(F)F)cccn2c1C(O)c1ccc2c(c1)COc1cc(F)ccc1/C2=C(/C)C#N. The number of fused-ring (bicyclic) bond motifs is 3. The van der Waals surface area contributed by atoms with E-state index in [1.54, 1.807) is 31.2 Å². The third kappa shape index (κ3) is 4.30. The van der Waals surface area contributed by atoms with Crippen LogP contribution in [0.4, 0.5) is 17.6 Å². The molecule has 2 aromatic carbocycles. The largest absolute Gasteiger partial charge is 0.488 e. The molecule has 0 saturated carbocycles. The lowest BCUT2D eigenvalue weighted by atomic mass is 9.89. The molecule has 0 saturated heterocycles.